The summed E-state index contributed by atoms with van der Waals surface area (Å²) in [5.74, 6) is 0.750. The number of nitrogens with zero attached hydrogens (tertiary/aromatic N) is 1. The van der Waals surface area contributed by atoms with Gasteiger partial charge in [0.1, 0.15) is 30.2 Å². The molecule has 1 aromatic carbocycles. The van der Waals surface area contributed by atoms with E-state index >= 15 is 0 Å². The van der Waals surface area contributed by atoms with Crippen LogP contribution in [-0.4, -0.2) is 56.4 Å². The molecule has 2 unspecified atom stereocenters. The maximum Gasteiger partial charge on any atom is 0.145 e. The fourth-order valence-electron chi connectivity index (χ4n) is 3.59. The number of hydrogen-bond donors (Lipinski definition) is 4. The molecule has 0 radical (unpaired) electrons. The number of aliphatic hydroxyl groups is 4. The molecule has 3 heterocycles. The Morgan fingerprint density at radius 2 is 1.93 bits per heavy atom. The van der Waals surface area contributed by atoms with E-state index in [-0.39, 0.29) is 13.0 Å². The molecule has 1 saturated heterocycles. The highest BCUT2D eigenvalue weighted by molar-refractivity contribution is 7.15. The van der Waals surface area contributed by atoms with Crippen LogP contribution >= 0.6 is 22.9 Å². The summed E-state index contributed by atoms with van der Waals surface area (Å²) in [4.78, 5) is 5.36. The van der Waals surface area contributed by atoms with Crippen molar-refractivity contribution in [2.45, 2.75) is 43.4 Å². The van der Waals surface area contributed by atoms with Crippen molar-refractivity contribution < 1.29 is 29.6 Å². The highest BCUT2D eigenvalue weighted by atomic mass is 35.5. The minimum absolute atomic E-state index is 0.149. The first-order valence-electron chi connectivity index (χ1n) is 9.55. The second kappa shape index (κ2) is 9.15. The molecule has 2 aromatic heterocycles. The van der Waals surface area contributed by atoms with Crippen molar-refractivity contribution >= 4 is 22.9 Å². The molecule has 30 heavy (non-hydrogen) atoms. The lowest BCUT2D eigenvalue weighted by Crippen LogP contribution is -2.54. The average molecular weight is 452 g/mol. The van der Waals surface area contributed by atoms with Crippen molar-refractivity contribution in [1.29, 1.82) is 0 Å². The maximum atomic E-state index is 10.5. The van der Waals surface area contributed by atoms with E-state index < -0.39 is 30.5 Å². The van der Waals surface area contributed by atoms with Crippen molar-refractivity contribution in [3.8, 4) is 10.6 Å². The molecule has 5 atom stereocenters. The fraction of sp³-hybridized carbons (Fsp3) is 0.381. The molecule has 3 aromatic rings. The number of hydrogen-bond acceptors (Lipinski definition) is 8. The van der Waals surface area contributed by atoms with Crippen LogP contribution < -0.4 is 0 Å². The molecule has 0 amide bonds. The SMILES string of the molecule is OCC[C@H]1OC(c2ccc(Cl)c(Cc3ncc(-c4ccco4)s3)c2)C(O)[C@H](O)[C@@H]1O. The molecule has 4 N–H and O–H groups in total. The van der Waals surface area contributed by atoms with E-state index in [1.165, 1.54) is 11.3 Å². The van der Waals surface area contributed by atoms with Crippen LogP contribution in [0.1, 0.15) is 28.7 Å². The number of aliphatic hydroxyl groups excluding tert-OH is 4. The Labute approximate surface area is 182 Å². The van der Waals surface area contributed by atoms with E-state index in [1.54, 1.807) is 24.6 Å². The predicted octanol–water partition coefficient (Wildman–Crippen LogP) is 2.55. The quantitative estimate of drug-likeness (QED) is 0.455. The normalized spacial score (nSPS) is 26.8. The maximum absolute atomic E-state index is 10.5. The summed E-state index contributed by atoms with van der Waals surface area (Å²) in [6.45, 7) is -0.203. The van der Waals surface area contributed by atoms with Gasteiger partial charge in [-0.1, -0.05) is 23.7 Å². The Morgan fingerprint density at radius 3 is 2.67 bits per heavy atom. The van der Waals surface area contributed by atoms with Gasteiger partial charge in [0.05, 0.1) is 22.3 Å². The summed E-state index contributed by atoms with van der Waals surface area (Å²) in [5.41, 5.74) is 1.42. The predicted molar refractivity (Wildman–Crippen MR) is 111 cm³/mol. The highest BCUT2D eigenvalue weighted by Gasteiger charge is 2.43. The minimum Gasteiger partial charge on any atom is -0.463 e. The monoisotopic (exact) mass is 451 g/mol. The lowest BCUT2D eigenvalue weighted by atomic mass is 9.89. The third-order valence-corrected chi connectivity index (χ3v) is 6.56. The first kappa shape index (κ1) is 21.5. The Bertz CT molecular complexity index is 978. The van der Waals surface area contributed by atoms with Crippen molar-refractivity contribution in [2.24, 2.45) is 0 Å². The molecule has 9 heteroatoms. The van der Waals surface area contributed by atoms with Gasteiger partial charge in [0.15, 0.2) is 0 Å². The second-order valence-corrected chi connectivity index (χ2v) is 8.72. The van der Waals surface area contributed by atoms with Crippen LogP contribution in [0.5, 0.6) is 0 Å². The summed E-state index contributed by atoms with van der Waals surface area (Å²) in [6.07, 6.45) is -1.61. The molecule has 0 aliphatic carbocycles. The zero-order valence-corrected chi connectivity index (χ0v) is 17.5. The van der Waals surface area contributed by atoms with E-state index in [0.717, 1.165) is 21.2 Å². The lowest BCUT2D eigenvalue weighted by molar-refractivity contribution is -0.227. The third-order valence-electron chi connectivity index (χ3n) is 5.18. The number of benzene rings is 1. The van der Waals surface area contributed by atoms with Crippen LogP contribution in [0.4, 0.5) is 0 Å². The van der Waals surface area contributed by atoms with Crippen LogP contribution in [0.2, 0.25) is 5.02 Å². The molecule has 4 rings (SSSR count). The Kier molecular flexibility index (Phi) is 6.54. The van der Waals surface area contributed by atoms with Gasteiger partial charge >= 0.3 is 0 Å². The number of rotatable bonds is 6. The van der Waals surface area contributed by atoms with Gasteiger partial charge in [-0.25, -0.2) is 4.98 Å². The summed E-state index contributed by atoms with van der Waals surface area (Å²) >= 11 is 7.89. The zero-order chi connectivity index (χ0) is 21.3. The lowest BCUT2D eigenvalue weighted by Gasteiger charge is -2.41. The molecule has 1 aliphatic rings. The standard InChI is InChI=1S/C21H22ClNO6S/c22-13-4-3-11(21-20(27)19(26)18(25)15(29-21)5-6-24)8-12(13)9-17-23-10-16(30-17)14-2-1-7-28-14/h1-4,7-8,10,15,18-21,24-27H,5-6,9H2/t15-,18-,19-,20?,21?/m1/s1. The van der Waals surface area contributed by atoms with Crippen molar-refractivity contribution in [2.75, 3.05) is 6.61 Å². The van der Waals surface area contributed by atoms with Crippen LogP contribution in [0.15, 0.2) is 47.2 Å². The van der Waals surface area contributed by atoms with E-state index in [1.807, 2.05) is 18.2 Å². The number of furan rings is 1. The van der Waals surface area contributed by atoms with Gasteiger partial charge in [-0.15, -0.1) is 11.3 Å². The largest absolute Gasteiger partial charge is 0.463 e. The molecule has 0 bridgehead atoms. The Morgan fingerprint density at radius 1 is 1.10 bits per heavy atom. The first-order chi connectivity index (χ1) is 14.5. The zero-order valence-electron chi connectivity index (χ0n) is 15.9. The number of halogens is 1. The van der Waals surface area contributed by atoms with Crippen LogP contribution in [-0.2, 0) is 11.2 Å². The number of thiazole rings is 1. The summed E-state index contributed by atoms with van der Waals surface area (Å²) in [7, 11) is 0. The van der Waals surface area contributed by atoms with E-state index in [9.17, 15) is 20.4 Å². The molecule has 1 aliphatic heterocycles. The highest BCUT2D eigenvalue weighted by Crippen LogP contribution is 2.36. The molecule has 160 valence electrons. The number of ether oxygens (including phenoxy) is 1. The summed E-state index contributed by atoms with van der Waals surface area (Å²) in [6, 6.07) is 8.93. The van der Waals surface area contributed by atoms with Gasteiger partial charge in [-0.05, 0) is 35.7 Å². The van der Waals surface area contributed by atoms with Gasteiger partial charge in [0.2, 0.25) is 0 Å². The molecule has 0 spiro atoms. The van der Waals surface area contributed by atoms with Gasteiger partial charge in [0.25, 0.3) is 0 Å². The van der Waals surface area contributed by atoms with Gasteiger partial charge < -0.3 is 29.6 Å². The number of aromatic nitrogens is 1. The smallest absolute Gasteiger partial charge is 0.145 e. The molecular weight excluding hydrogens is 430 g/mol. The summed E-state index contributed by atoms with van der Waals surface area (Å²) in [5, 5.41) is 41.4. The Hall–Kier alpha value is -1.78. The van der Waals surface area contributed by atoms with E-state index in [0.29, 0.717) is 17.0 Å². The van der Waals surface area contributed by atoms with Crippen LogP contribution in [0.3, 0.4) is 0 Å². The van der Waals surface area contributed by atoms with Gasteiger partial charge in [-0.2, -0.15) is 0 Å². The minimum atomic E-state index is -1.38. The third kappa shape index (κ3) is 4.31. The molecular formula is C21H22ClNO6S. The van der Waals surface area contributed by atoms with Crippen LogP contribution in [0, 0.1) is 0 Å². The van der Waals surface area contributed by atoms with Gasteiger partial charge in [-0.3, -0.25) is 0 Å². The Balaban J connectivity index is 1.57. The van der Waals surface area contributed by atoms with Crippen LogP contribution in [0.25, 0.3) is 10.6 Å². The van der Waals surface area contributed by atoms with Crippen molar-refractivity contribution in [3.05, 3.63) is 63.9 Å². The molecule has 0 saturated carbocycles. The van der Waals surface area contributed by atoms with E-state index in [4.69, 9.17) is 20.8 Å². The molecule has 1 fully saturated rings. The van der Waals surface area contributed by atoms with E-state index in [2.05, 4.69) is 4.98 Å². The topological polar surface area (TPSA) is 116 Å². The van der Waals surface area contributed by atoms with Gasteiger partial charge in [0, 0.05) is 24.2 Å². The van der Waals surface area contributed by atoms with Crippen molar-refractivity contribution in [1.82, 2.24) is 4.98 Å². The molecule has 7 nitrogen and oxygen atoms in total. The summed E-state index contributed by atoms with van der Waals surface area (Å²) < 4.78 is 11.2. The first-order valence-corrected chi connectivity index (χ1v) is 10.7. The fourth-order valence-corrected chi connectivity index (χ4v) is 4.68. The second-order valence-electron chi connectivity index (χ2n) is 7.20. The average Bonchev–Trinajstić information content (AvgIpc) is 3.42. The van der Waals surface area contributed by atoms with Crippen molar-refractivity contribution in [3.63, 3.8) is 0 Å².